The maximum Gasteiger partial charge on any atom is 0.573 e. The molecule has 3 aromatic rings. The number of aryl methyl sites for hydroxylation is 4. The van der Waals surface area contributed by atoms with Crippen LogP contribution in [0.25, 0.3) is 10.9 Å². The van der Waals surface area contributed by atoms with Gasteiger partial charge in [0.15, 0.2) is 0 Å². The van der Waals surface area contributed by atoms with Crippen molar-refractivity contribution < 1.29 is 22.6 Å². The van der Waals surface area contributed by atoms with Crippen molar-refractivity contribution in [2.24, 2.45) is 0 Å². The molecule has 0 N–H and O–H groups in total. The number of hydrogen-bond acceptors (Lipinski definition) is 3. The van der Waals surface area contributed by atoms with Crippen LogP contribution in [0.5, 0.6) is 17.2 Å². The first-order chi connectivity index (χ1) is 12.7. The quantitative estimate of drug-likeness (QED) is 0.528. The van der Waals surface area contributed by atoms with Crippen LogP contribution in [-0.2, 0) is 6.42 Å². The van der Waals surface area contributed by atoms with Gasteiger partial charge in [-0.3, -0.25) is 4.98 Å². The molecule has 0 aliphatic carbocycles. The van der Waals surface area contributed by atoms with Gasteiger partial charge in [-0.25, -0.2) is 0 Å². The number of alkyl halides is 3. The smallest absolute Gasteiger partial charge is 0.457 e. The Balaban J connectivity index is 1.95. The second kappa shape index (κ2) is 7.10. The third-order valence-electron chi connectivity index (χ3n) is 4.42. The molecule has 1 aromatic heterocycles. The maximum absolute atomic E-state index is 12.3. The fraction of sp³-hybridized carbons (Fsp3) is 0.286. The van der Waals surface area contributed by atoms with Crippen LogP contribution >= 0.6 is 0 Å². The summed E-state index contributed by atoms with van der Waals surface area (Å²) in [6, 6.07) is 9.43. The second-order valence-corrected chi connectivity index (χ2v) is 6.44. The lowest BCUT2D eigenvalue weighted by molar-refractivity contribution is -0.274. The van der Waals surface area contributed by atoms with Gasteiger partial charge in [-0.2, -0.15) is 0 Å². The molecule has 3 nitrogen and oxygen atoms in total. The highest BCUT2D eigenvalue weighted by atomic mass is 19.4. The number of pyridine rings is 1. The fourth-order valence-corrected chi connectivity index (χ4v) is 3.11. The predicted molar refractivity (Wildman–Crippen MR) is 98.5 cm³/mol. The van der Waals surface area contributed by atoms with E-state index >= 15 is 0 Å². The van der Waals surface area contributed by atoms with Crippen molar-refractivity contribution in [3.8, 4) is 17.2 Å². The molecule has 2 aromatic carbocycles. The SMILES string of the molecule is CCc1nc2cc(C)c(Oc3ccc(OC(F)(F)F)cc3)c(C)c2cc1C. The largest absolute Gasteiger partial charge is 0.573 e. The van der Waals surface area contributed by atoms with E-state index in [0.29, 0.717) is 11.5 Å². The lowest BCUT2D eigenvalue weighted by Gasteiger charge is -2.16. The summed E-state index contributed by atoms with van der Waals surface area (Å²) in [6.45, 7) is 7.99. The lowest BCUT2D eigenvalue weighted by atomic mass is 10.0. The minimum atomic E-state index is -4.71. The second-order valence-electron chi connectivity index (χ2n) is 6.44. The summed E-state index contributed by atoms with van der Waals surface area (Å²) in [4.78, 5) is 4.73. The van der Waals surface area contributed by atoms with Crippen molar-refractivity contribution in [3.63, 3.8) is 0 Å². The summed E-state index contributed by atoms with van der Waals surface area (Å²) in [5, 5.41) is 1.00. The zero-order chi connectivity index (χ0) is 19.8. The van der Waals surface area contributed by atoms with Gasteiger partial charge in [-0.15, -0.1) is 13.2 Å². The molecule has 27 heavy (non-hydrogen) atoms. The Bertz CT molecular complexity index is 980. The van der Waals surface area contributed by atoms with Gasteiger partial charge < -0.3 is 9.47 Å². The fourth-order valence-electron chi connectivity index (χ4n) is 3.11. The average molecular weight is 375 g/mol. The summed E-state index contributed by atoms with van der Waals surface area (Å²) in [6.07, 6.45) is -3.85. The highest BCUT2D eigenvalue weighted by Crippen LogP contribution is 2.35. The highest BCUT2D eigenvalue weighted by Gasteiger charge is 2.31. The van der Waals surface area contributed by atoms with E-state index < -0.39 is 6.36 Å². The Labute approximate surface area is 155 Å². The highest BCUT2D eigenvalue weighted by molar-refractivity contribution is 5.86. The third kappa shape index (κ3) is 4.15. The van der Waals surface area contributed by atoms with Crippen molar-refractivity contribution >= 4 is 10.9 Å². The van der Waals surface area contributed by atoms with E-state index in [9.17, 15) is 13.2 Å². The molecule has 0 aliphatic rings. The minimum Gasteiger partial charge on any atom is -0.457 e. The van der Waals surface area contributed by atoms with Crippen molar-refractivity contribution in [2.75, 3.05) is 0 Å². The topological polar surface area (TPSA) is 31.4 Å². The Morgan fingerprint density at radius 2 is 1.56 bits per heavy atom. The molecule has 0 saturated heterocycles. The summed E-state index contributed by atoms with van der Waals surface area (Å²) in [7, 11) is 0. The molecule has 0 radical (unpaired) electrons. The lowest BCUT2D eigenvalue weighted by Crippen LogP contribution is -2.16. The number of halogens is 3. The molecular weight excluding hydrogens is 355 g/mol. The minimum absolute atomic E-state index is 0.284. The first-order valence-electron chi connectivity index (χ1n) is 8.62. The number of benzene rings is 2. The van der Waals surface area contributed by atoms with Gasteiger partial charge in [0.1, 0.15) is 17.2 Å². The monoisotopic (exact) mass is 375 g/mol. The standard InChI is InChI=1S/C21H20F3NO2/c1-5-18-12(2)10-17-14(4)20(13(3)11-19(17)25-18)26-15-6-8-16(9-7-15)27-21(22,23)24/h6-11H,5H2,1-4H3. The van der Waals surface area contributed by atoms with E-state index in [1.807, 2.05) is 26.8 Å². The van der Waals surface area contributed by atoms with Gasteiger partial charge in [-0.1, -0.05) is 6.92 Å². The van der Waals surface area contributed by atoms with Crippen LogP contribution in [0.1, 0.15) is 29.3 Å². The molecule has 0 fully saturated rings. The van der Waals surface area contributed by atoms with Gasteiger partial charge in [0.2, 0.25) is 0 Å². The average Bonchev–Trinajstić information content (AvgIpc) is 2.59. The summed E-state index contributed by atoms with van der Waals surface area (Å²) in [5.74, 6) is 0.830. The zero-order valence-corrected chi connectivity index (χ0v) is 15.6. The molecule has 0 amide bonds. The molecule has 1 heterocycles. The summed E-state index contributed by atoms with van der Waals surface area (Å²) < 4.78 is 46.7. The van der Waals surface area contributed by atoms with E-state index in [-0.39, 0.29) is 5.75 Å². The van der Waals surface area contributed by atoms with Crippen LogP contribution in [-0.4, -0.2) is 11.3 Å². The molecule has 0 spiro atoms. The van der Waals surface area contributed by atoms with E-state index in [1.54, 1.807) is 0 Å². The molecule has 0 bridgehead atoms. The van der Waals surface area contributed by atoms with Crippen molar-refractivity contribution in [3.05, 3.63) is 58.8 Å². The third-order valence-corrected chi connectivity index (χ3v) is 4.42. The van der Waals surface area contributed by atoms with E-state index in [2.05, 4.69) is 17.7 Å². The predicted octanol–water partition coefficient (Wildman–Crippen LogP) is 6.41. The first kappa shape index (κ1) is 19.0. The van der Waals surface area contributed by atoms with Gasteiger partial charge in [0, 0.05) is 16.6 Å². The molecule has 0 aliphatic heterocycles. The number of ether oxygens (including phenoxy) is 2. The molecule has 0 unspecified atom stereocenters. The molecule has 0 saturated carbocycles. The molecule has 3 rings (SSSR count). The molecule has 6 heteroatoms. The van der Waals surface area contributed by atoms with Gasteiger partial charge in [0.05, 0.1) is 5.52 Å². The molecule has 142 valence electrons. The number of nitrogens with zero attached hydrogens (tertiary/aromatic N) is 1. The van der Waals surface area contributed by atoms with Crippen LogP contribution in [0, 0.1) is 20.8 Å². The number of rotatable bonds is 4. The van der Waals surface area contributed by atoms with E-state index in [1.165, 1.54) is 24.3 Å². The normalized spacial score (nSPS) is 11.7. The first-order valence-corrected chi connectivity index (χ1v) is 8.62. The van der Waals surface area contributed by atoms with Crippen LogP contribution in [0.4, 0.5) is 13.2 Å². The summed E-state index contributed by atoms with van der Waals surface area (Å²) in [5.41, 5.74) is 4.95. The Hall–Kier alpha value is -2.76. The van der Waals surface area contributed by atoms with Gasteiger partial charge in [-0.05, 0) is 74.7 Å². The maximum atomic E-state index is 12.3. The zero-order valence-electron chi connectivity index (χ0n) is 15.6. The van der Waals surface area contributed by atoms with Crippen molar-refractivity contribution in [1.82, 2.24) is 4.98 Å². The van der Waals surface area contributed by atoms with Crippen LogP contribution in [0.15, 0.2) is 36.4 Å². The van der Waals surface area contributed by atoms with Gasteiger partial charge in [0.25, 0.3) is 0 Å². The number of fused-ring (bicyclic) bond motifs is 1. The Morgan fingerprint density at radius 3 is 2.15 bits per heavy atom. The van der Waals surface area contributed by atoms with E-state index in [0.717, 1.165) is 39.7 Å². The number of aromatic nitrogens is 1. The number of hydrogen-bond donors (Lipinski definition) is 0. The van der Waals surface area contributed by atoms with Gasteiger partial charge >= 0.3 is 6.36 Å². The van der Waals surface area contributed by atoms with Crippen molar-refractivity contribution in [1.29, 1.82) is 0 Å². The van der Waals surface area contributed by atoms with Crippen LogP contribution in [0.3, 0.4) is 0 Å². The molecular formula is C21H20F3NO2. The van der Waals surface area contributed by atoms with E-state index in [4.69, 9.17) is 9.72 Å². The van der Waals surface area contributed by atoms with Crippen molar-refractivity contribution in [2.45, 2.75) is 40.5 Å². The Morgan fingerprint density at radius 1 is 0.926 bits per heavy atom. The van der Waals surface area contributed by atoms with Crippen LogP contribution in [0.2, 0.25) is 0 Å². The Kier molecular flexibility index (Phi) is 5.00. The summed E-state index contributed by atoms with van der Waals surface area (Å²) >= 11 is 0. The molecule has 0 atom stereocenters. The van der Waals surface area contributed by atoms with Crippen LogP contribution < -0.4 is 9.47 Å².